The molecule has 2 fully saturated rings. The van der Waals surface area contributed by atoms with Gasteiger partial charge >= 0.3 is 6.03 Å². The summed E-state index contributed by atoms with van der Waals surface area (Å²) >= 11 is 0. The van der Waals surface area contributed by atoms with Gasteiger partial charge < -0.3 is 4.90 Å². The van der Waals surface area contributed by atoms with Crippen molar-refractivity contribution in [3.63, 3.8) is 0 Å². The number of nitrogens with zero attached hydrogens (tertiary/aromatic N) is 1. The first-order valence-electron chi connectivity index (χ1n) is 5.51. The van der Waals surface area contributed by atoms with Crippen LogP contribution in [0.5, 0.6) is 0 Å². The molecule has 0 aromatic heterocycles. The topological polar surface area (TPSA) is 58.4 Å². The molecule has 0 bridgehead atoms. The molecule has 1 heterocycles. The highest BCUT2D eigenvalue weighted by Crippen LogP contribution is 2.45. The van der Waals surface area contributed by atoms with Crippen LogP contribution in [0.1, 0.15) is 38.5 Å². The summed E-state index contributed by atoms with van der Waals surface area (Å²) in [6.45, 7) is 1.76. The lowest BCUT2D eigenvalue weighted by molar-refractivity contribution is 0.121. The van der Waals surface area contributed by atoms with E-state index in [1.54, 1.807) is 0 Å². The van der Waals surface area contributed by atoms with Crippen molar-refractivity contribution in [2.45, 2.75) is 38.5 Å². The highest BCUT2D eigenvalue weighted by Gasteiger charge is 2.37. The molecule has 80 valence electrons. The Balaban J connectivity index is 1.88. The Hall–Kier alpha value is -0.770. The van der Waals surface area contributed by atoms with E-state index in [4.69, 9.17) is 5.84 Å². The Morgan fingerprint density at radius 3 is 2.21 bits per heavy atom. The maximum Gasteiger partial charge on any atom is 0.331 e. The number of nitrogens with one attached hydrogen (secondary N) is 1. The fourth-order valence-corrected chi connectivity index (χ4v) is 2.90. The van der Waals surface area contributed by atoms with Gasteiger partial charge in [0.1, 0.15) is 0 Å². The number of rotatable bonds is 0. The zero-order valence-electron chi connectivity index (χ0n) is 8.59. The average molecular weight is 197 g/mol. The summed E-state index contributed by atoms with van der Waals surface area (Å²) in [6, 6.07) is -0.127. The molecule has 1 spiro atoms. The van der Waals surface area contributed by atoms with Gasteiger partial charge in [0.25, 0.3) is 0 Å². The molecule has 1 aliphatic carbocycles. The molecule has 2 aliphatic rings. The fraction of sp³-hybridized carbons (Fsp3) is 0.900. The summed E-state index contributed by atoms with van der Waals surface area (Å²) in [5.41, 5.74) is 2.78. The van der Waals surface area contributed by atoms with Crippen molar-refractivity contribution in [2.24, 2.45) is 11.3 Å². The molecular weight excluding hydrogens is 178 g/mol. The highest BCUT2D eigenvalue weighted by atomic mass is 16.2. The smallest absolute Gasteiger partial charge is 0.324 e. The van der Waals surface area contributed by atoms with Crippen LogP contribution in [0.4, 0.5) is 4.79 Å². The van der Waals surface area contributed by atoms with Crippen LogP contribution >= 0.6 is 0 Å². The van der Waals surface area contributed by atoms with Gasteiger partial charge in [-0.05, 0) is 31.1 Å². The first kappa shape index (κ1) is 9.77. The van der Waals surface area contributed by atoms with Crippen LogP contribution in [0.25, 0.3) is 0 Å². The summed E-state index contributed by atoms with van der Waals surface area (Å²) in [7, 11) is 0. The second kappa shape index (κ2) is 3.77. The van der Waals surface area contributed by atoms with Gasteiger partial charge in [0.15, 0.2) is 0 Å². The Bertz CT molecular complexity index is 213. The van der Waals surface area contributed by atoms with Gasteiger partial charge in [-0.15, -0.1) is 0 Å². The molecule has 1 saturated heterocycles. The number of amides is 2. The molecular formula is C10H19N3O. The van der Waals surface area contributed by atoms with E-state index in [2.05, 4.69) is 5.43 Å². The first-order valence-corrected chi connectivity index (χ1v) is 5.51. The molecule has 4 heteroatoms. The minimum Gasteiger partial charge on any atom is -0.324 e. The van der Waals surface area contributed by atoms with E-state index < -0.39 is 0 Å². The van der Waals surface area contributed by atoms with E-state index in [0.29, 0.717) is 5.41 Å². The van der Waals surface area contributed by atoms with Gasteiger partial charge in [0.2, 0.25) is 0 Å². The number of carbonyl (C=O) groups excluding carboxylic acids is 1. The van der Waals surface area contributed by atoms with E-state index in [1.807, 2.05) is 4.90 Å². The molecule has 2 rings (SSSR count). The van der Waals surface area contributed by atoms with Crippen LogP contribution < -0.4 is 11.3 Å². The van der Waals surface area contributed by atoms with Gasteiger partial charge in [-0.25, -0.2) is 10.6 Å². The fourth-order valence-electron chi connectivity index (χ4n) is 2.90. The molecule has 3 N–H and O–H groups in total. The van der Waals surface area contributed by atoms with Crippen molar-refractivity contribution >= 4 is 6.03 Å². The lowest BCUT2D eigenvalue weighted by Gasteiger charge is -2.39. The van der Waals surface area contributed by atoms with Gasteiger partial charge in [0, 0.05) is 13.1 Å². The standard InChI is InChI=1S/C10H19N3O/c11-12-9(14)13-7-5-10(6-8-13)3-1-2-4-10/h1-8,11H2,(H,12,14). The normalized spacial score (nSPS) is 25.4. The summed E-state index contributed by atoms with van der Waals surface area (Å²) in [4.78, 5) is 13.1. The van der Waals surface area contributed by atoms with Gasteiger partial charge in [-0.3, -0.25) is 5.43 Å². The second-order valence-electron chi connectivity index (χ2n) is 4.64. The Morgan fingerprint density at radius 2 is 1.71 bits per heavy atom. The average Bonchev–Trinajstić information content (AvgIpc) is 2.67. The zero-order chi connectivity index (χ0) is 10.0. The van der Waals surface area contributed by atoms with Crippen molar-refractivity contribution in [1.29, 1.82) is 0 Å². The third-order valence-corrected chi connectivity index (χ3v) is 3.90. The predicted molar refractivity (Wildman–Crippen MR) is 54.4 cm³/mol. The molecule has 4 nitrogen and oxygen atoms in total. The number of hydrogen-bond donors (Lipinski definition) is 2. The molecule has 2 amide bonds. The van der Waals surface area contributed by atoms with Gasteiger partial charge in [-0.1, -0.05) is 12.8 Å². The summed E-state index contributed by atoms with van der Waals surface area (Å²) in [5.74, 6) is 5.11. The van der Waals surface area contributed by atoms with Crippen LogP contribution in [-0.4, -0.2) is 24.0 Å². The predicted octanol–water partition coefficient (Wildman–Crippen LogP) is 1.23. The largest absolute Gasteiger partial charge is 0.331 e. The molecule has 0 unspecified atom stereocenters. The van der Waals surface area contributed by atoms with Crippen LogP contribution in [0.3, 0.4) is 0 Å². The maximum atomic E-state index is 11.3. The van der Waals surface area contributed by atoms with Crippen LogP contribution in [-0.2, 0) is 0 Å². The SMILES string of the molecule is NNC(=O)N1CCC2(CCCC2)CC1. The molecule has 0 aromatic rings. The van der Waals surface area contributed by atoms with Crippen molar-refractivity contribution in [3.05, 3.63) is 0 Å². The minimum absolute atomic E-state index is 0.127. The monoisotopic (exact) mass is 197 g/mol. The molecule has 0 radical (unpaired) electrons. The third-order valence-electron chi connectivity index (χ3n) is 3.90. The number of carbonyl (C=O) groups is 1. The summed E-state index contributed by atoms with van der Waals surface area (Å²) in [5, 5.41) is 0. The Labute approximate surface area is 84.8 Å². The quantitative estimate of drug-likeness (QED) is 0.348. The number of hydrazine groups is 1. The molecule has 14 heavy (non-hydrogen) atoms. The van der Waals surface area contributed by atoms with E-state index in [-0.39, 0.29) is 6.03 Å². The van der Waals surface area contributed by atoms with E-state index in [9.17, 15) is 4.79 Å². The summed E-state index contributed by atoms with van der Waals surface area (Å²) < 4.78 is 0. The number of nitrogens with two attached hydrogens (primary N) is 1. The summed E-state index contributed by atoms with van der Waals surface area (Å²) in [6.07, 6.45) is 7.82. The van der Waals surface area contributed by atoms with Crippen LogP contribution in [0.2, 0.25) is 0 Å². The molecule has 0 atom stereocenters. The maximum absolute atomic E-state index is 11.3. The lowest BCUT2D eigenvalue weighted by Crippen LogP contribution is -2.48. The highest BCUT2D eigenvalue weighted by molar-refractivity contribution is 5.73. The van der Waals surface area contributed by atoms with E-state index in [0.717, 1.165) is 13.1 Å². The molecule has 0 aromatic carbocycles. The number of urea groups is 1. The van der Waals surface area contributed by atoms with Crippen molar-refractivity contribution < 1.29 is 4.79 Å². The van der Waals surface area contributed by atoms with Crippen LogP contribution in [0, 0.1) is 5.41 Å². The number of likely N-dealkylation sites (tertiary alicyclic amines) is 1. The second-order valence-corrected chi connectivity index (χ2v) is 4.64. The molecule has 1 aliphatic heterocycles. The number of hydrogen-bond acceptors (Lipinski definition) is 2. The van der Waals surface area contributed by atoms with Crippen molar-refractivity contribution in [1.82, 2.24) is 10.3 Å². The van der Waals surface area contributed by atoms with E-state index in [1.165, 1.54) is 38.5 Å². The lowest BCUT2D eigenvalue weighted by atomic mass is 9.77. The van der Waals surface area contributed by atoms with Gasteiger partial charge in [-0.2, -0.15) is 0 Å². The minimum atomic E-state index is -0.127. The third kappa shape index (κ3) is 1.71. The molecule has 1 saturated carbocycles. The van der Waals surface area contributed by atoms with Crippen molar-refractivity contribution in [2.75, 3.05) is 13.1 Å². The Kier molecular flexibility index (Phi) is 2.63. The van der Waals surface area contributed by atoms with Gasteiger partial charge in [0.05, 0.1) is 0 Å². The number of piperidine rings is 1. The Morgan fingerprint density at radius 1 is 1.14 bits per heavy atom. The van der Waals surface area contributed by atoms with Crippen LogP contribution in [0.15, 0.2) is 0 Å². The first-order chi connectivity index (χ1) is 6.76. The van der Waals surface area contributed by atoms with Crippen molar-refractivity contribution in [3.8, 4) is 0 Å². The van der Waals surface area contributed by atoms with E-state index >= 15 is 0 Å². The zero-order valence-corrected chi connectivity index (χ0v) is 8.59.